The molecule has 0 saturated carbocycles. The van der Waals surface area contributed by atoms with E-state index >= 15 is 0 Å². The summed E-state index contributed by atoms with van der Waals surface area (Å²) in [5.41, 5.74) is 2.78. The summed E-state index contributed by atoms with van der Waals surface area (Å²) in [6, 6.07) is 17.9. The van der Waals surface area contributed by atoms with E-state index in [1.54, 1.807) is 4.68 Å². The first kappa shape index (κ1) is 19.9. The van der Waals surface area contributed by atoms with Crippen molar-refractivity contribution < 1.29 is 4.79 Å². The Hall–Kier alpha value is -2.87. The zero-order chi connectivity index (χ0) is 19.9. The Morgan fingerprint density at radius 2 is 1.86 bits per heavy atom. The molecule has 0 bridgehead atoms. The molecule has 2 aromatic carbocycles. The first-order valence-electron chi connectivity index (χ1n) is 9.21. The number of aromatic nitrogens is 4. The first-order valence-corrected chi connectivity index (χ1v) is 10.2. The van der Waals surface area contributed by atoms with E-state index in [2.05, 4.69) is 46.5 Å². The van der Waals surface area contributed by atoms with Crippen molar-refractivity contribution in [3.05, 3.63) is 54.6 Å². The molecule has 146 valence electrons. The van der Waals surface area contributed by atoms with E-state index in [0.717, 1.165) is 23.6 Å². The van der Waals surface area contributed by atoms with Gasteiger partial charge in [-0.1, -0.05) is 30.0 Å². The van der Waals surface area contributed by atoms with Crippen LogP contribution in [-0.2, 0) is 4.79 Å². The number of hydrogen-bond acceptors (Lipinski definition) is 6. The smallest absolute Gasteiger partial charge is 0.234 e. The molecule has 0 aliphatic heterocycles. The summed E-state index contributed by atoms with van der Waals surface area (Å²) < 4.78 is 1.62. The molecule has 7 nitrogen and oxygen atoms in total. The minimum Gasteiger partial charge on any atom is -0.369 e. The van der Waals surface area contributed by atoms with Gasteiger partial charge in [-0.3, -0.25) is 4.79 Å². The van der Waals surface area contributed by atoms with Crippen molar-refractivity contribution in [2.45, 2.75) is 32.0 Å². The van der Waals surface area contributed by atoms with Gasteiger partial charge < -0.3 is 10.2 Å². The van der Waals surface area contributed by atoms with E-state index < -0.39 is 0 Å². The molecule has 1 aromatic heterocycles. The molecule has 0 aliphatic carbocycles. The van der Waals surface area contributed by atoms with E-state index in [-0.39, 0.29) is 11.7 Å². The molecule has 3 aromatic rings. The highest BCUT2D eigenvalue weighted by molar-refractivity contribution is 7.99. The predicted molar refractivity (Wildman–Crippen MR) is 113 cm³/mol. The average Bonchev–Trinajstić information content (AvgIpc) is 3.17. The van der Waals surface area contributed by atoms with Crippen LogP contribution in [0.25, 0.3) is 5.69 Å². The highest BCUT2D eigenvalue weighted by Crippen LogP contribution is 2.21. The molecule has 0 unspecified atom stereocenters. The largest absolute Gasteiger partial charge is 0.369 e. The molecule has 1 amide bonds. The van der Waals surface area contributed by atoms with E-state index in [1.807, 2.05) is 54.6 Å². The zero-order valence-electron chi connectivity index (χ0n) is 16.2. The molecule has 0 radical (unpaired) electrons. The monoisotopic (exact) mass is 396 g/mol. The molecular formula is C20H24N6OS. The third-order valence-electron chi connectivity index (χ3n) is 4.22. The Bertz CT molecular complexity index is 895. The molecule has 0 fully saturated rings. The van der Waals surface area contributed by atoms with E-state index in [0.29, 0.717) is 11.2 Å². The highest BCUT2D eigenvalue weighted by atomic mass is 32.2. The lowest BCUT2D eigenvalue weighted by Gasteiger charge is -2.27. The maximum absolute atomic E-state index is 12.3. The van der Waals surface area contributed by atoms with Gasteiger partial charge in [-0.25, -0.2) is 0 Å². The second kappa shape index (κ2) is 9.36. The van der Waals surface area contributed by atoms with Crippen molar-refractivity contribution in [2.75, 3.05) is 22.5 Å². The van der Waals surface area contributed by atoms with Gasteiger partial charge in [0.05, 0.1) is 11.4 Å². The van der Waals surface area contributed by atoms with Gasteiger partial charge in [-0.2, -0.15) is 4.68 Å². The Kier molecular flexibility index (Phi) is 6.65. The number of anilines is 2. The fourth-order valence-electron chi connectivity index (χ4n) is 2.91. The molecule has 1 N–H and O–H groups in total. The number of para-hydroxylation sites is 1. The zero-order valence-corrected chi connectivity index (χ0v) is 17.1. The van der Waals surface area contributed by atoms with Crippen molar-refractivity contribution >= 4 is 29.0 Å². The Balaban J connectivity index is 1.58. The van der Waals surface area contributed by atoms with Gasteiger partial charge in [0, 0.05) is 24.0 Å². The Labute approximate surface area is 169 Å². The van der Waals surface area contributed by atoms with E-state index in [9.17, 15) is 4.79 Å². The Morgan fingerprint density at radius 1 is 1.14 bits per heavy atom. The fourth-order valence-corrected chi connectivity index (χ4v) is 3.60. The molecule has 28 heavy (non-hydrogen) atoms. The second-order valence-corrected chi connectivity index (χ2v) is 7.41. The molecule has 0 atom stereocenters. The predicted octanol–water partition coefficient (Wildman–Crippen LogP) is 3.63. The van der Waals surface area contributed by atoms with Crippen LogP contribution in [0, 0.1) is 0 Å². The average molecular weight is 397 g/mol. The van der Waals surface area contributed by atoms with Crippen molar-refractivity contribution in [1.29, 1.82) is 0 Å². The van der Waals surface area contributed by atoms with Crippen molar-refractivity contribution in [3.63, 3.8) is 0 Å². The van der Waals surface area contributed by atoms with Gasteiger partial charge in [-0.05, 0) is 67.6 Å². The van der Waals surface area contributed by atoms with Crippen molar-refractivity contribution in [1.82, 2.24) is 20.2 Å². The van der Waals surface area contributed by atoms with Gasteiger partial charge in [-0.15, -0.1) is 5.10 Å². The van der Waals surface area contributed by atoms with Crippen LogP contribution in [0.1, 0.15) is 20.8 Å². The number of thioether (sulfide) groups is 1. The number of nitrogens with one attached hydrogen (secondary N) is 1. The summed E-state index contributed by atoms with van der Waals surface area (Å²) in [7, 11) is 0. The standard InChI is InChI=1S/C20H24N6OS/c1-4-25(15(2)3)17-12-10-16(11-13-17)21-19(27)14-28-20-22-23-24-26(20)18-8-6-5-7-9-18/h5-13,15H,4,14H2,1-3H3,(H,21,27). The van der Waals surface area contributed by atoms with Gasteiger partial charge in [0.1, 0.15) is 0 Å². The van der Waals surface area contributed by atoms with E-state index in [1.165, 1.54) is 11.8 Å². The number of hydrogen-bond donors (Lipinski definition) is 1. The number of amides is 1. The minimum absolute atomic E-state index is 0.100. The van der Waals surface area contributed by atoms with Gasteiger partial charge in [0.25, 0.3) is 0 Å². The van der Waals surface area contributed by atoms with Crippen molar-refractivity contribution in [3.8, 4) is 5.69 Å². The summed E-state index contributed by atoms with van der Waals surface area (Å²) in [6.07, 6.45) is 0. The van der Waals surface area contributed by atoms with Crippen LogP contribution in [0.15, 0.2) is 59.8 Å². The molecule has 8 heteroatoms. The molecule has 0 aliphatic rings. The molecule has 0 saturated heterocycles. The van der Waals surface area contributed by atoms with Crippen LogP contribution in [-0.4, -0.2) is 44.5 Å². The summed E-state index contributed by atoms with van der Waals surface area (Å²) in [5.74, 6) is 0.124. The third-order valence-corrected chi connectivity index (χ3v) is 5.14. The summed E-state index contributed by atoms with van der Waals surface area (Å²) in [6.45, 7) is 7.41. The molecule has 1 heterocycles. The summed E-state index contributed by atoms with van der Waals surface area (Å²) in [4.78, 5) is 14.6. The van der Waals surface area contributed by atoms with Gasteiger partial charge >= 0.3 is 0 Å². The van der Waals surface area contributed by atoms with Crippen LogP contribution < -0.4 is 10.2 Å². The number of tetrazole rings is 1. The first-order chi connectivity index (χ1) is 13.6. The van der Waals surface area contributed by atoms with Crippen LogP contribution in [0.4, 0.5) is 11.4 Å². The van der Waals surface area contributed by atoms with Gasteiger partial charge in [0.15, 0.2) is 0 Å². The second-order valence-electron chi connectivity index (χ2n) is 6.47. The van der Waals surface area contributed by atoms with Gasteiger partial charge in [0.2, 0.25) is 11.1 Å². The Morgan fingerprint density at radius 3 is 2.50 bits per heavy atom. The van der Waals surface area contributed by atoms with Crippen LogP contribution in [0.2, 0.25) is 0 Å². The number of nitrogens with zero attached hydrogens (tertiary/aromatic N) is 5. The quantitative estimate of drug-likeness (QED) is 0.586. The molecular weight excluding hydrogens is 372 g/mol. The lowest BCUT2D eigenvalue weighted by Crippen LogP contribution is -2.30. The maximum Gasteiger partial charge on any atom is 0.234 e. The minimum atomic E-state index is -0.100. The number of carbonyl (C=O) groups is 1. The van der Waals surface area contributed by atoms with Crippen LogP contribution in [0.3, 0.4) is 0 Å². The number of benzene rings is 2. The lowest BCUT2D eigenvalue weighted by molar-refractivity contribution is -0.113. The van der Waals surface area contributed by atoms with Crippen molar-refractivity contribution in [2.24, 2.45) is 0 Å². The topological polar surface area (TPSA) is 75.9 Å². The van der Waals surface area contributed by atoms with Crippen LogP contribution in [0.5, 0.6) is 0 Å². The fraction of sp³-hybridized carbons (Fsp3) is 0.300. The molecule has 0 spiro atoms. The lowest BCUT2D eigenvalue weighted by atomic mass is 10.2. The normalized spacial score (nSPS) is 10.9. The maximum atomic E-state index is 12.3. The summed E-state index contributed by atoms with van der Waals surface area (Å²) in [5, 5.41) is 15.2. The SMILES string of the molecule is CCN(c1ccc(NC(=O)CSc2nnnn2-c2ccccc2)cc1)C(C)C. The highest BCUT2D eigenvalue weighted by Gasteiger charge is 2.12. The van der Waals surface area contributed by atoms with Crippen LogP contribution >= 0.6 is 11.8 Å². The molecule has 3 rings (SSSR count). The summed E-state index contributed by atoms with van der Waals surface area (Å²) >= 11 is 1.30. The number of carbonyl (C=O) groups excluding carboxylic acids is 1. The number of rotatable bonds is 8. The third kappa shape index (κ3) is 4.89. The van der Waals surface area contributed by atoms with E-state index in [4.69, 9.17) is 0 Å².